The van der Waals surface area contributed by atoms with Gasteiger partial charge in [-0.15, -0.1) is 0 Å². The number of fused-ring (bicyclic) bond motifs is 1. The smallest absolute Gasteiger partial charge is 0.0224 e. The molecule has 2 rings (SSSR count). The van der Waals surface area contributed by atoms with Gasteiger partial charge in [0.05, 0.1) is 0 Å². The van der Waals surface area contributed by atoms with Crippen molar-refractivity contribution in [1.29, 1.82) is 0 Å². The zero-order chi connectivity index (χ0) is 9.80. The highest BCUT2D eigenvalue weighted by Gasteiger charge is 2.29. The van der Waals surface area contributed by atoms with Crippen LogP contribution in [0.25, 0.3) is 0 Å². The minimum absolute atomic E-state index is 0.880. The van der Waals surface area contributed by atoms with Gasteiger partial charge in [-0.25, -0.2) is 0 Å². The van der Waals surface area contributed by atoms with Crippen LogP contribution in [0.1, 0.15) is 19.8 Å². The van der Waals surface area contributed by atoms with Crippen LogP contribution in [-0.4, -0.2) is 61.7 Å². The van der Waals surface area contributed by atoms with Gasteiger partial charge in [0.2, 0.25) is 0 Å². The van der Waals surface area contributed by atoms with Crippen LogP contribution < -0.4 is 5.32 Å². The van der Waals surface area contributed by atoms with Gasteiger partial charge in [-0.1, -0.05) is 6.92 Å². The van der Waals surface area contributed by atoms with Crippen molar-refractivity contribution in [2.24, 2.45) is 0 Å². The van der Waals surface area contributed by atoms with Gasteiger partial charge in [0.25, 0.3) is 0 Å². The van der Waals surface area contributed by atoms with Crippen LogP contribution in [0.3, 0.4) is 0 Å². The van der Waals surface area contributed by atoms with Gasteiger partial charge in [-0.3, -0.25) is 9.80 Å². The van der Waals surface area contributed by atoms with Crippen LogP contribution in [0.4, 0.5) is 0 Å². The normalized spacial score (nSPS) is 29.4. The molecule has 2 aliphatic rings. The maximum atomic E-state index is 3.40. The highest BCUT2D eigenvalue weighted by Crippen LogP contribution is 2.20. The molecule has 3 heteroatoms. The van der Waals surface area contributed by atoms with Gasteiger partial charge < -0.3 is 5.32 Å². The number of nitrogens with zero attached hydrogens (tertiary/aromatic N) is 2. The van der Waals surface area contributed by atoms with Crippen molar-refractivity contribution in [2.75, 3.05) is 45.8 Å². The van der Waals surface area contributed by atoms with Gasteiger partial charge in [0.15, 0.2) is 0 Å². The quantitative estimate of drug-likeness (QED) is 0.657. The molecular formula is C11H23N3. The van der Waals surface area contributed by atoms with Crippen molar-refractivity contribution >= 4 is 0 Å². The summed E-state index contributed by atoms with van der Waals surface area (Å²) in [6.45, 7) is 10.9. The molecule has 82 valence electrons. The monoisotopic (exact) mass is 197 g/mol. The average Bonchev–Trinajstić information content (AvgIpc) is 2.65. The van der Waals surface area contributed by atoms with Crippen molar-refractivity contribution in [2.45, 2.75) is 25.8 Å². The summed E-state index contributed by atoms with van der Waals surface area (Å²) in [6, 6.07) is 0.880. The number of piperazine rings is 1. The topological polar surface area (TPSA) is 18.5 Å². The van der Waals surface area contributed by atoms with E-state index in [0.717, 1.165) is 19.1 Å². The largest absolute Gasteiger partial charge is 0.316 e. The summed E-state index contributed by atoms with van der Waals surface area (Å²) in [5.74, 6) is 0. The summed E-state index contributed by atoms with van der Waals surface area (Å²) < 4.78 is 0. The summed E-state index contributed by atoms with van der Waals surface area (Å²) >= 11 is 0. The Balaban J connectivity index is 1.69. The third-order valence-corrected chi connectivity index (χ3v) is 3.53. The van der Waals surface area contributed by atoms with Crippen molar-refractivity contribution in [1.82, 2.24) is 15.1 Å². The average molecular weight is 197 g/mol. The molecule has 0 radical (unpaired) electrons. The van der Waals surface area contributed by atoms with Crippen molar-refractivity contribution < 1.29 is 0 Å². The van der Waals surface area contributed by atoms with Crippen molar-refractivity contribution in [3.05, 3.63) is 0 Å². The second kappa shape index (κ2) is 5.10. The third-order valence-electron chi connectivity index (χ3n) is 3.53. The molecule has 0 aliphatic carbocycles. The fourth-order valence-electron chi connectivity index (χ4n) is 2.67. The molecule has 2 fully saturated rings. The molecule has 0 amide bonds. The molecule has 2 heterocycles. The SMILES string of the molecule is CCNCCN1CCN2CCCC2C1. The molecule has 2 aliphatic heterocycles. The number of hydrogen-bond acceptors (Lipinski definition) is 3. The number of likely N-dealkylation sites (N-methyl/N-ethyl adjacent to an activating group) is 1. The summed E-state index contributed by atoms with van der Waals surface area (Å²) in [5.41, 5.74) is 0. The first-order valence-corrected chi connectivity index (χ1v) is 6.07. The first-order valence-electron chi connectivity index (χ1n) is 6.07. The van der Waals surface area contributed by atoms with E-state index in [9.17, 15) is 0 Å². The van der Waals surface area contributed by atoms with Crippen LogP contribution in [0.15, 0.2) is 0 Å². The second-order valence-corrected chi connectivity index (χ2v) is 4.49. The van der Waals surface area contributed by atoms with E-state index in [4.69, 9.17) is 0 Å². The molecule has 0 saturated carbocycles. The lowest BCUT2D eigenvalue weighted by molar-refractivity contribution is 0.105. The van der Waals surface area contributed by atoms with E-state index in [2.05, 4.69) is 22.0 Å². The summed E-state index contributed by atoms with van der Waals surface area (Å²) in [7, 11) is 0. The maximum absolute atomic E-state index is 3.40. The van der Waals surface area contributed by atoms with Gasteiger partial charge >= 0.3 is 0 Å². The molecule has 2 saturated heterocycles. The van der Waals surface area contributed by atoms with Crippen molar-refractivity contribution in [3.8, 4) is 0 Å². The predicted molar refractivity (Wildman–Crippen MR) is 59.6 cm³/mol. The Labute approximate surface area is 87.4 Å². The highest BCUT2D eigenvalue weighted by atomic mass is 15.3. The van der Waals surface area contributed by atoms with Crippen LogP contribution in [0.5, 0.6) is 0 Å². The van der Waals surface area contributed by atoms with Crippen LogP contribution >= 0.6 is 0 Å². The third kappa shape index (κ3) is 2.47. The van der Waals surface area contributed by atoms with Crippen LogP contribution in [0, 0.1) is 0 Å². The van der Waals surface area contributed by atoms with Crippen LogP contribution in [0.2, 0.25) is 0 Å². The molecule has 1 N–H and O–H groups in total. The molecule has 0 aromatic carbocycles. The van der Waals surface area contributed by atoms with E-state index < -0.39 is 0 Å². The van der Waals surface area contributed by atoms with E-state index in [1.165, 1.54) is 45.6 Å². The molecule has 0 bridgehead atoms. The zero-order valence-electron chi connectivity index (χ0n) is 9.34. The molecule has 3 nitrogen and oxygen atoms in total. The molecular weight excluding hydrogens is 174 g/mol. The molecule has 0 aromatic rings. The van der Waals surface area contributed by atoms with E-state index >= 15 is 0 Å². The van der Waals surface area contributed by atoms with E-state index in [1.807, 2.05) is 0 Å². The molecule has 14 heavy (non-hydrogen) atoms. The lowest BCUT2D eigenvalue weighted by atomic mass is 10.1. The Hall–Kier alpha value is -0.120. The van der Waals surface area contributed by atoms with Gasteiger partial charge in [0, 0.05) is 38.8 Å². The van der Waals surface area contributed by atoms with E-state index in [-0.39, 0.29) is 0 Å². The standard InChI is InChI=1S/C11H23N3/c1-2-12-5-7-13-8-9-14-6-3-4-11(14)10-13/h11-12H,2-10H2,1H3. The molecule has 1 atom stereocenters. The molecule has 1 unspecified atom stereocenters. The maximum Gasteiger partial charge on any atom is 0.0224 e. The number of rotatable bonds is 4. The lowest BCUT2D eigenvalue weighted by Crippen LogP contribution is -2.51. The van der Waals surface area contributed by atoms with Gasteiger partial charge in [-0.2, -0.15) is 0 Å². The zero-order valence-corrected chi connectivity index (χ0v) is 9.34. The van der Waals surface area contributed by atoms with Gasteiger partial charge in [-0.05, 0) is 25.9 Å². The fraction of sp³-hybridized carbons (Fsp3) is 1.00. The second-order valence-electron chi connectivity index (χ2n) is 4.49. The van der Waals surface area contributed by atoms with Gasteiger partial charge in [0.1, 0.15) is 0 Å². The first-order chi connectivity index (χ1) is 6.90. The summed E-state index contributed by atoms with van der Waals surface area (Å²) in [6.07, 6.45) is 2.85. The van der Waals surface area contributed by atoms with Crippen LogP contribution in [-0.2, 0) is 0 Å². The van der Waals surface area contributed by atoms with Crippen molar-refractivity contribution in [3.63, 3.8) is 0 Å². The predicted octanol–water partition coefficient (Wildman–Crippen LogP) is 0.376. The summed E-state index contributed by atoms with van der Waals surface area (Å²) in [5, 5.41) is 3.40. The number of hydrogen-bond donors (Lipinski definition) is 1. The molecule has 0 spiro atoms. The molecule has 0 aromatic heterocycles. The highest BCUT2D eigenvalue weighted by molar-refractivity contribution is 4.86. The Kier molecular flexibility index (Phi) is 3.79. The minimum atomic E-state index is 0.880. The fourth-order valence-corrected chi connectivity index (χ4v) is 2.67. The number of nitrogens with one attached hydrogen (secondary N) is 1. The van der Waals surface area contributed by atoms with E-state index in [1.54, 1.807) is 0 Å². The Bertz CT molecular complexity index is 172. The Morgan fingerprint density at radius 2 is 2.21 bits per heavy atom. The minimum Gasteiger partial charge on any atom is -0.316 e. The lowest BCUT2D eigenvalue weighted by Gasteiger charge is -2.37. The Morgan fingerprint density at radius 1 is 1.29 bits per heavy atom. The Morgan fingerprint density at radius 3 is 3.07 bits per heavy atom. The van der Waals surface area contributed by atoms with E-state index in [0.29, 0.717) is 0 Å². The summed E-state index contributed by atoms with van der Waals surface area (Å²) in [4.78, 5) is 5.29. The first kappa shape index (κ1) is 10.4.